The van der Waals surface area contributed by atoms with E-state index >= 15 is 0 Å². The summed E-state index contributed by atoms with van der Waals surface area (Å²) in [6.45, 7) is 0.414. The van der Waals surface area contributed by atoms with E-state index in [0.29, 0.717) is 12.3 Å². The van der Waals surface area contributed by atoms with Crippen molar-refractivity contribution in [2.24, 2.45) is 0 Å². The molecule has 0 unspecified atom stereocenters. The van der Waals surface area contributed by atoms with Crippen molar-refractivity contribution in [2.75, 3.05) is 14.2 Å². The summed E-state index contributed by atoms with van der Waals surface area (Å²) in [5.41, 5.74) is 1.53. The van der Waals surface area contributed by atoms with E-state index in [-0.39, 0.29) is 5.97 Å². The average Bonchev–Trinajstić information content (AvgIpc) is 2.68. The molecular formula is C12H13NO3. The minimum atomic E-state index is -0.328. The molecule has 1 heterocycles. The first kappa shape index (κ1) is 10.7. The summed E-state index contributed by atoms with van der Waals surface area (Å²) in [7, 11) is 3.00. The van der Waals surface area contributed by atoms with E-state index < -0.39 is 0 Å². The molecule has 0 fully saturated rings. The third-order valence-corrected chi connectivity index (χ3v) is 2.46. The van der Waals surface area contributed by atoms with Crippen molar-refractivity contribution >= 4 is 16.9 Å². The highest BCUT2D eigenvalue weighted by molar-refractivity contribution is 6.04. The molecule has 0 aliphatic heterocycles. The zero-order valence-corrected chi connectivity index (χ0v) is 9.27. The second-order valence-corrected chi connectivity index (χ2v) is 3.44. The number of esters is 1. The van der Waals surface area contributed by atoms with Gasteiger partial charge in [-0.2, -0.15) is 0 Å². The maximum atomic E-state index is 11.6. The number of carbonyl (C=O) groups excluding carboxylic acids is 1. The van der Waals surface area contributed by atoms with Crippen molar-refractivity contribution in [3.63, 3.8) is 0 Å². The molecule has 2 rings (SSSR count). The van der Waals surface area contributed by atoms with Crippen LogP contribution < -0.4 is 0 Å². The number of rotatable bonds is 3. The highest BCUT2D eigenvalue weighted by Gasteiger charge is 2.14. The van der Waals surface area contributed by atoms with E-state index in [2.05, 4.69) is 0 Å². The normalized spacial score (nSPS) is 10.6. The van der Waals surface area contributed by atoms with Gasteiger partial charge in [-0.1, -0.05) is 18.2 Å². The minimum absolute atomic E-state index is 0.328. The summed E-state index contributed by atoms with van der Waals surface area (Å²) in [6.07, 6.45) is 1.75. The van der Waals surface area contributed by atoms with Crippen molar-refractivity contribution in [3.8, 4) is 0 Å². The van der Waals surface area contributed by atoms with Gasteiger partial charge in [-0.3, -0.25) is 0 Å². The number of carbonyl (C=O) groups is 1. The molecule has 16 heavy (non-hydrogen) atoms. The first-order valence-electron chi connectivity index (χ1n) is 4.93. The zero-order chi connectivity index (χ0) is 11.5. The Morgan fingerprint density at radius 2 is 2.06 bits per heavy atom. The van der Waals surface area contributed by atoms with Gasteiger partial charge in [0.1, 0.15) is 6.73 Å². The van der Waals surface area contributed by atoms with Crippen LogP contribution in [0.5, 0.6) is 0 Å². The number of nitrogens with zero attached hydrogens (tertiary/aromatic N) is 1. The van der Waals surface area contributed by atoms with Gasteiger partial charge in [0.2, 0.25) is 0 Å². The van der Waals surface area contributed by atoms with Crippen molar-refractivity contribution in [1.82, 2.24) is 4.57 Å². The maximum Gasteiger partial charge on any atom is 0.340 e. The van der Waals surface area contributed by atoms with Crippen molar-refractivity contribution in [2.45, 2.75) is 6.73 Å². The summed E-state index contributed by atoms with van der Waals surface area (Å²) < 4.78 is 11.7. The molecule has 0 saturated heterocycles. The number of ether oxygens (including phenoxy) is 2. The molecule has 2 aromatic rings. The zero-order valence-electron chi connectivity index (χ0n) is 9.27. The van der Waals surface area contributed by atoms with Crippen LogP contribution in [0.25, 0.3) is 10.9 Å². The Bertz CT molecular complexity index is 516. The average molecular weight is 219 g/mol. The molecule has 0 amide bonds. The molecule has 4 nitrogen and oxygen atoms in total. The van der Waals surface area contributed by atoms with Gasteiger partial charge < -0.3 is 14.0 Å². The summed E-state index contributed by atoms with van der Waals surface area (Å²) in [6, 6.07) is 7.66. The number of hydrogen-bond acceptors (Lipinski definition) is 3. The van der Waals surface area contributed by atoms with Gasteiger partial charge in [0.05, 0.1) is 18.2 Å². The maximum absolute atomic E-state index is 11.6. The van der Waals surface area contributed by atoms with E-state index in [1.807, 2.05) is 28.8 Å². The number of benzene rings is 1. The molecule has 0 N–H and O–H groups in total. The lowest BCUT2D eigenvalue weighted by molar-refractivity contribution is 0.0602. The van der Waals surface area contributed by atoms with Gasteiger partial charge in [-0.25, -0.2) is 4.79 Å². The second kappa shape index (κ2) is 4.37. The Labute approximate surface area is 93.4 Å². The predicted molar refractivity (Wildman–Crippen MR) is 60.3 cm³/mol. The summed E-state index contributed by atoms with van der Waals surface area (Å²) in [4.78, 5) is 11.6. The molecule has 0 atom stereocenters. The van der Waals surface area contributed by atoms with Crippen molar-refractivity contribution < 1.29 is 14.3 Å². The van der Waals surface area contributed by atoms with Gasteiger partial charge in [0.25, 0.3) is 0 Å². The van der Waals surface area contributed by atoms with E-state index in [1.54, 1.807) is 13.3 Å². The first-order valence-corrected chi connectivity index (χ1v) is 4.93. The fourth-order valence-electron chi connectivity index (χ4n) is 1.77. The van der Waals surface area contributed by atoms with E-state index in [1.165, 1.54) is 7.11 Å². The molecule has 4 heteroatoms. The smallest absolute Gasteiger partial charge is 0.340 e. The van der Waals surface area contributed by atoms with Gasteiger partial charge in [-0.15, -0.1) is 0 Å². The summed E-state index contributed by atoms with van der Waals surface area (Å²) in [5, 5.41) is 0.881. The Kier molecular flexibility index (Phi) is 2.92. The lowest BCUT2D eigenvalue weighted by Crippen LogP contribution is -2.01. The fourth-order valence-corrected chi connectivity index (χ4v) is 1.77. The Balaban J connectivity index is 2.61. The minimum Gasteiger partial charge on any atom is -0.465 e. The van der Waals surface area contributed by atoms with E-state index in [0.717, 1.165) is 10.9 Å². The van der Waals surface area contributed by atoms with Gasteiger partial charge >= 0.3 is 5.97 Å². The van der Waals surface area contributed by atoms with Crippen LogP contribution in [-0.4, -0.2) is 24.8 Å². The van der Waals surface area contributed by atoms with Crippen molar-refractivity contribution in [1.29, 1.82) is 0 Å². The van der Waals surface area contributed by atoms with Crippen LogP contribution in [0.3, 0.4) is 0 Å². The van der Waals surface area contributed by atoms with Crippen LogP contribution in [0.2, 0.25) is 0 Å². The summed E-state index contributed by atoms with van der Waals surface area (Å²) >= 11 is 0. The molecule has 1 aromatic carbocycles. The highest BCUT2D eigenvalue weighted by Crippen LogP contribution is 2.21. The van der Waals surface area contributed by atoms with E-state index in [9.17, 15) is 4.79 Å². The highest BCUT2D eigenvalue weighted by atomic mass is 16.5. The van der Waals surface area contributed by atoms with Crippen LogP contribution in [-0.2, 0) is 16.2 Å². The van der Waals surface area contributed by atoms with Crippen LogP contribution in [0.15, 0.2) is 30.5 Å². The first-order chi connectivity index (χ1) is 7.77. The third-order valence-electron chi connectivity index (χ3n) is 2.46. The monoisotopic (exact) mass is 219 g/mol. The molecule has 0 aliphatic rings. The standard InChI is InChI=1S/C12H13NO3/c1-15-8-13-7-10(12(14)16-2)9-5-3-4-6-11(9)13/h3-7H,8H2,1-2H3. The second-order valence-electron chi connectivity index (χ2n) is 3.44. The number of hydrogen-bond donors (Lipinski definition) is 0. The molecule has 0 saturated carbocycles. The molecular weight excluding hydrogens is 206 g/mol. The molecule has 0 aliphatic carbocycles. The van der Waals surface area contributed by atoms with E-state index in [4.69, 9.17) is 9.47 Å². The van der Waals surface area contributed by atoms with Crippen molar-refractivity contribution in [3.05, 3.63) is 36.0 Å². The molecule has 0 radical (unpaired) electrons. The lowest BCUT2D eigenvalue weighted by Gasteiger charge is -2.01. The van der Waals surface area contributed by atoms with Gasteiger partial charge in [0.15, 0.2) is 0 Å². The quantitative estimate of drug-likeness (QED) is 0.741. The summed E-state index contributed by atoms with van der Waals surface area (Å²) in [5.74, 6) is -0.328. The Morgan fingerprint density at radius 1 is 1.31 bits per heavy atom. The Hall–Kier alpha value is -1.81. The number of methoxy groups -OCH3 is 2. The fraction of sp³-hybridized carbons (Fsp3) is 0.250. The number of para-hydroxylation sites is 1. The van der Waals surface area contributed by atoms with Crippen LogP contribution in [0.4, 0.5) is 0 Å². The molecule has 84 valence electrons. The Morgan fingerprint density at radius 3 is 2.75 bits per heavy atom. The van der Waals surface area contributed by atoms with Gasteiger partial charge in [-0.05, 0) is 6.07 Å². The molecule has 0 spiro atoms. The van der Waals surface area contributed by atoms with Crippen LogP contribution in [0.1, 0.15) is 10.4 Å². The predicted octanol–water partition coefficient (Wildman–Crippen LogP) is 2.03. The number of fused-ring (bicyclic) bond motifs is 1. The number of aromatic nitrogens is 1. The van der Waals surface area contributed by atoms with Crippen LogP contribution in [0, 0.1) is 0 Å². The SMILES string of the molecule is COCn1cc(C(=O)OC)c2ccccc21. The topological polar surface area (TPSA) is 40.5 Å². The van der Waals surface area contributed by atoms with Crippen LogP contribution >= 0.6 is 0 Å². The third kappa shape index (κ3) is 1.67. The lowest BCUT2D eigenvalue weighted by atomic mass is 10.2. The molecule has 1 aromatic heterocycles. The largest absolute Gasteiger partial charge is 0.465 e. The molecule has 0 bridgehead atoms. The van der Waals surface area contributed by atoms with Gasteiger partial charge in [0, 0.05) is 18.7 Å².